The van der Waals surface area contributed by atoms with Crippen LogP contribution in [0.25, 0.3) is 5.69 Å². The average molecular weight is 528 g/mol. The molecule has 174 valence electrons. The van der Waals surface area contributed by atoms with E-state index in [1.54, 1.807) is 0 Å². The van der Waals surface area contributed by atoms with E-state index in [2.05, 4.69) is 10.5 Å². The van der Waals surface area contributed by atoms with Crippen LogP contribution in [0.2, 0.25) is 15.1 Å². The number of sulfonamides is 1. The molecule has 0 atom stereocenters. The third-order valence-electron chi connectivity index (χ3n) is 4.82. The minimum atomic E-state index is -3.81. The second kappa shape index (κ2) is 10.2. The van der Waals surface area contributed by atoms with Gasteiger partial charge < -0.3 is 4.57 Å². The summed E-state index contributed by atoms with van der Waals surface area (Å²) in [4.78, 5) is 12.5. The van der Waals surface area contributed by atoms with Crippen LogP contribution in [0.3, 0.4) is 0 Å². The lowest BCUT2D eigenvalue weighted by atomic mass is 10.2. The number of carbonyl (C=O) groups is 1. The number of hydrazone groups is 1. The molecule has 0 radical (unpaired) electrons. The smallest absolute Gasteiger partial charge is 0.260 e. The van der Waals surface area contributed by atoms with E-state index in [1.807, 2.05) is 48.7 Å². The first kappa shape index (κ1) is 25.1. The van der Waals surface area contributed by atoms with Crippen molar-refractivity contribution in [2.45, 2.75) is 13.8 Å². The van der Waals surface area contributed by atoms with E-state index in [9.17, 15) is 13.2 Å². The highest BCUT2D eigenvalue weighted by Crippen LogP contribution is 2.30. The summed E-state index contributed by atoms with van der Waals surface area (Å²) in [5.74, 6) is -0.646. The number of nitrogens with one attached hydrogen (secondary N) is 1. The van der Waals surface area contributed by atoms with Crippen LogP contribution in [0.1, 0.15) is 17.0 Å². The molecule has 0 fully saturated rings. The third-order valence-corrected chi connectivity index (χ3v) is 6.82. The molecule has 0 unspecified atom stereocenters. The van der Waals surface area contributed by atoms with Crippen molar-refractivity contribution in [3.63, 3.8) is 0 Å². The number of aryl methyl sites for hydroxylation is 1. The predicted molar refractivity (Wildman–Crippen MR) is 135 cm³/mol. The zero-order valence-electron chi connectivity index (χ0n) is 18.0. The van der Waals surface area contributed by atoms with Crippen molar-refractivity contribution in [2.75, 3.05) is 17.1 Å². The van der Waals surface area contributed by atoms with Gasteiger partial charge in [-0.3, -0.25) is 9.10 Å². The zero-order chi connectivity index (χ0) is 24.3. The van der Waals surface area contributed by atoms with E-state index in [1.165, 1.54) is 24.4 Å². The van der Waals surface area contributed by atoms with Gasteiger partial charge in [0.15, 0.2) is 0 Å². The maximum absolute atomic E-state index is 12.5. The van der Waals surface area contributed by atoms with E-state index >= 15 is 0 Å². The maximum atomic E-state index is 12.5. The Morgan fingerprint density at radius 2 is 1.79 bits per heavy atom. The van der Waals surface area contributed by atoms with Gasteiger partial charge in [0.2, 0.25) is 10.0 Å². The molecule has 0 saturated heterocycles. The highest BCUT2D eigenvalue weighted by atomic mass is 35.5. The Morgan fingerprint density at radius 1 is 1.09 bits per heavy atom. The van der Waals surface area contributed by atoms with Gasteiger partial charge in [-0.05, 0) is 50.2 Å². The Morgan fingerprint density at radius 3 is 2.45 bits per heavy atom. The van der Waals surface area contributed by atoms with Crippen LogP contribution in [0.15, 0.2) is 53.6 Å². The summed E-state index contributed by atoms with van der Waals surface area (Å²) in [5, 5.41) is 5.03. The maximum Gasteiger partial charge on any atom is 0.260 e. The lowest BCUT2D eigenvalue weighted by Crippen LogP contribution is -2.39. The summed E-state index contributed by atoms with van der Waals surface area (Å²) < 4.78 is 27.4. The number of halogens is 3. The van der Waals surface area contributed by atoms with Crippen molar-refractivity contribution in [2.24, 2.45) is 5.10 Å². The lowest BCUT2D eigenvalue weighted by Gasteiger charge is -2.22. The van der Waals surface area contributed by atoms with Crippen molar-refractivity contribution in [3.8, 4) is 5.69 Å². The number of para-hydroxylation sites is 1. The molecule has 1 amide bonds. The Bertz CT molecular complexity index is 1340. The topological polar surface area (TPSA) is 83.8 Å². The summed E-state index contributed by atoms with van der Waals surface area (Å²) in [6.07, 6.45) is 2.47. The molecular formula is C22H21Cl3N4O3S. The molecule has 1 heterocycles. The molecule has 0 spiro atoms. The summed E-state index contributed by atoms with van der Waals surface area (Å²) in [5.41, 5.74) is 5.88. The molecular weight excluding hydrogens is 507 g/mol. The Hall–Kier alpha value is -2.52. The normalized spacial score (nSPS) is 11.7. The standard InChI is InChI=1S/C22H21Cl3N4O3S/c1-14-10-16(15(2)29(14)20-7-5-4-6-18(20)24)12-26-27-22(30)13-28(33(3,31)32)21-11-17(23)8-9-19(21)25/h4-12H,13H2,1-3H3,(H,27,30)/b26-12-. The Balaban J connectivity index is 1.78. The van der Waals surface area contributed by atoms with Gasteiger partial charge in [-0.25, -0.2) is 13.8 Å². The van der Waals surface area contributed by atoms with Crippen LogP contribution in [0.4, 0.5) is 5.69 Å². The fourth-order valence-electron chi connectivity index (χ4n) is 3.32. The van der Waals surface area contributed by atoms with Crippen LogP contribution in [0, 0.1) is 13.8 Å². The van der Waals surface area contributed by atoms with Crippen LogP contribution >= 0.6 is 34.8 Å². The second-order valence-corrected chi connectivity index (χ2v) is 10.4. The summed E-state index contributed by atoms with van der Waals surface area (Å²) in [7, 11) is -3.81. The largest absolute Gasteiger partial charge is 0.316 e. The monoisotopic (exact) mass is 526 g/mol. The molecule has 2 aromatic carbocycles. The zero-order valence-corrected chi connectivity index (χ0v) is 21.1. The van der Waals surface area contributed by atoms with Crippen molar-refractivity contribution < 1.29 is 13.2 Å². The number of aromatic nitrogens is 1. The lowest BCUT2D eigenvalue weighted by molar-refractivity contribution is -0.119. The van der Waals surface area contributed by atoms with Crippen molar-refractivity contribution >= 4 is 62.6 Å². The summed E-state index contributed by atoms with van der Waals surface area (Å²) in [6, 6.07) is 13.7. The molecule has 7 nitrogen and oxygen atoms in total. The molecule has 0 bridgehead atoms. The number of hydrogen-bond donors (Lipinski definition) is 1. The van der Waals surface area contributed by atoms with Gasteiger partial charge in [-0.15, -0.1) is 0 Å². The third kappa shape index (κ3) is 5.89. The molecule has 1 aromatic heterocycles. The van der Waals surface area contributed by atoms with Gasteiger partial charge >= 0.3 is 0 Å². The molecule has 33 heavy (non-hydrogen) atoms. The van der Waals surface area contributed by atoms with Gasteiger partial charge in [-0.1, -0.05) is 46.9 Å². The van der Waals surface area contributed by atoms with Crippen LogP contribution in [-0.4, -0.2) is 37.9 Å². The predicted octanol–water partition coefficient (Wildman–Crippen LogP) is 4.97. The Kier molecular flexibility index (Phi) is 7.74. The van der Waals surface area contributed by atoms with E-state index in [0.717, 1.165) is 33.2 Å². The minimum absolute atomic E-state index is 0.106. The van der Waals surface area contributed by atoms with Gasteiger partial charge in [0.1, 0.15) is 6.54 Å². The molecule has 11 heteroatoms. The number of anilines is 1. The van der Waals surface area contributed by atoms with Crippen LogP contribution in [0.5, 0.6) is 0 Å². The highest BCUT2D eigenvalue weighted by Gasteiger charge is 2.23. The number of rotatable bonds is 7. The fraction of sp³-hybridized carbons (Fsp3) is 0.182. The van der Waals surface area contributed by atoms with Gasteiger partial charge in [0.05, 0.1) is 33.9 Å². The van der Waals surface area contributed by atoms with E-state index in [0.29, 0.717) is 5.02 Å². The Labute approximate surface area is 207 Å². The number of amides is 1. The van der Waals surface area contributed by atoms with Crippen LogP contribution < -0.4 is 9.73 Å². The first-order chi connectivity index (χ1) is 15.5. The van der Waals surface area contributed by atoms with E-state index < -0.39 is 22.5 Å². The average Bonchev–Trinajstić information content (AvgIpc) is 3.01. The molecule has 3 rings (SSSR count). The quantitative estimate of drug-likeness (QED) is 0.348. The van der Waals surface area contributed by atoms with Gasteiger partial charge in [0.25, 0.3) is 5.91 Å². The van der Waals surface area contributed by atoms with E-state index in [4.69, 9.17) is 34.8 Å². The van der Waals surface area contributed by atoms with Gasteiger partial charge in [-0.2, -0.15) is 5.10 Å². The number of benzene rings is 2. The molecule has 3 aromatic rings. The molecule has 0 aliphatic rings. The first-order valence-electron chi connectivity index (χ1n) is 9.67. The first-order valence-corrected chi connectivity index (χ1v) is 12.7. The highest BCUT2D eigenvalue weighted by molar-refractivity contribution is 7.92. The summed E-state index contributed by atoms with van der Waals surface area (Å²) >= 11 is 18.4. The molecule has 0 aliphatic carbocycles. The van der Waals surface area contributed by atoms with Crippen molar-refractivity contribution in [1.29, 1.82) is 0 Å². The van der Waals surface area contributed by atoms with E-state index in [-0.39, 0.29) is 15.7 Å². The molecule has 0 aliphatic heterocycles. The number of hydrogen-bond acceptors (Lipinski definition) is 4. The van der Waals surface area contributed by atoms with Crippen LogP contribution in [-0.2, 0) is 14.8 Å². The minimum Gasteiger partial charge on any atom is -0.316 e. The fourth-order valence-corrected chi connectivity index (χ4v) is 4.84. The van der Waals surface area contributed by atoms with Gasteiger partial charge in [0, 0.05) is 22.0 Å². The molecule has 0 saturated carbocycles. The van der Waals surface area contributed by atoms with Crippen molar-refractivity contribution in [3.05, 3.63) is 80.6 Å². The second-order valence-electron chi connectivity index (χ2n) is 7.27. The number of carbonyl (C=O) groups excluding carboxylic acids is 1. The number of nitrogens with zero attached hydrogens (tertiary/aromatic N) is 3. The van der Waals surface area contributed by atoms with Crippen molar-refractivity contribution in [1.82, 2.24) is 9.99 Å². The molecule has 1 N–H and O–H groups in total. The SMILES string of the molecule is Cc1cc(/C=N\NC(=O)CN(c2cc(Cl)ccc2Cl)S(C)(=O)=O)c(C)n1-c1ccccc1Cl. The summed E-state index contributed by atoms with van der Waals surface area (Å²) in [6.45, 7) is 3.33.